The molecule has 8 nitrogen and oxygen atoms in total. The molecular weight excluding hydrogens is 510 g/mol. The molecule has 3 aromatic carbocycles. The molecule has 0 spiro atoms. The number of rotatable bonds is 5. The minimum absolute atomic E-state index is 0.222. The molecule has 0 radical (unpaired) electrons. The number of hydrogen-bond acceptors (Lipinski definition) is 7. The molecular formula is C32H35NO7. The van der Waals surface area contributed by atoms with Crippen LogP contribution in [0.3, 0.4) is 0 Å². The summed E-state index contributed by atoms with van der Waals surface area (Å²) < 4.78 is 28.2. The zero-order valence-electron chi connectivity index (χ0n) is 23.6. The van der Waals surface area contributed by atoms with Gasteiger partial charge in [0.05, 0.1) is 13.7 Å². The van der Waals surface area contributed by atoms with Crippen molar-refractivity contribution in [1.82, 2.24) is 4.90 Å². The van der Waals surface area contributed by atoms with Crippen LogP contribution in [0.2, 0.25) is 0 Å². The Morgan fingerprint density at radius 2 is 1.75 bits per heavy atom. The molecule has 0 fully saturated rings. The summed E-state index contributed by atoms with van der Waals surface area (Å²) in [5.74, 6) is 1.74. The van der Waals surface area contributed by atoms with Crippen LogP contribution >= 0.6 is 0 Å². The number of carbonyl (C=O) groups is 2. The van der Waals surface area contributed by atoms with Gasteiger partial charge in [0.25, 0.3) is 0 Å². The molecule has 0 saturated heterocycles. The van der Waals surface area contributed by atoms with Gasteiger partial charge in [-0.1, -0.05) is 30.3 Å². The van der Waals surface area contributed by atoms with Crippen molar-refractivity contribution >= 4 is 12.1 Å². The second kappa shape index (κ2) is 11.1. The van der Waals surface area contributed by atoms with E-state index in [9.17, 15) is 9.59 Å². The molecule has 1 amide bonds. The standard InChI is InChI=1S/C32H35NO7/c1-20-23(7-6-8-26(20)22-10-12-28-29(17-22)38-14-13-37-28)19-39-25-11-9-21-16-27(30(34)36-5)33(18-24(21)15-25)31(35)40-32(2,3)4/h6-12,15,17,27H,13-14,16,18-19H2,1-5H3. The topological polar surface area (TPSA) is 83.5 Å². The number of hydrogen-bond donors (Lipinski definition) is 0. The van der Waals surface area contributed by atoms with Gasteiger partial charge in [-0.15, -0.1) is 0 Å². The number of esters is 1. The first kappa shape index (κ1) is 27.4. The van der Waals surface area contributed by atoms with Gasteiger partial charge in [-0.05, 0) is 85.3 Å². The van der Waals surface area contributed by atoms with Gasteiger partial charge in [-0.3, -0.25) is 4.90 Å². The first-order chi connectivity index (χ1) is 19.1. The molecule has 0 saturated carbocycles. The van der Waals surface area contributed by atoms with Crippen molar-refractivity contribution in [1.29, 1.82) is 0 Å². The summed E-state index contributed by atoms with van der Waals surface area (Å²) >= 11 is 0. The summed E-state index contributed by atoms with van der Waals surface area (Å²) in [5, 5.41) is 0. The minimum Gasteiger partial charge on any atom is -0.489 e. The third kappa shape index (κ3) is 5.86. The Labute approximate surface area is 234 Å². The summed E-state index contributed by atoms with van der Waals surface area (Å²) in [6, 6.07) is 17.2. The predicted octanol–water partition coefficient (Wildman–Crippen LogP) is 5.85. The molecule has 5 rings (SSSR count). The van der Waals surface area contributed by atoms with E-state index in [0.29, 0.717) is 32.0 Å². The molecule has 0 bridgehead atoms. The molecule has 2 aliphatic heterocycles. The van der Waals surface area contributed by atoms with E-state index in [1.165, 1.54) is 12.0 Å². The Morgan fingerprint density at radius 1 is 0.975 bits per heavy atom. The van der Waals surface area contributed by atoms with E-state index >= 15 is 0 Å². The minimum atomic E-state index is -0.745. The van der Waals surface area contributed by atoms with E-state index in [1.54, 1.807) is 20.8 Å². The van der Waals surface area contributed by atoms with Crippen LogP contribution in [0.1, 0.15) is 43.0 Å². The number of methoxy groups -OCH3 is 1. The molecule has 0 aromatic heterocycles. The molecule has 8 heteroatoms. The fourth-order valence-corrected chi connectivity index (χ4v) is 5.03. The molecule has 1 atom stereocenters. The summed E-state index contributed by atoms with van der Waals surface area (Å²) in [7, 11) is 1.33. The zero-order chi connectivity index (χ0) is 28.4. The number of benzene rings is 3. The van der Waals surface area contributed by atoms with Gasteiger partial charge in [-0.2, -0.15) is 0 Å². The molecule has 0 N–H and O–H groups in total. The highest BCUT2D eigenvalue weighted by Gasteiger charge is 2.37. The number of amides is 1. The van der Waals surface area contributed by atoms with Crippen LogP contribution in [0.5, 0.6) is 17.2 Å². The van der Waals surface area contributed by atoms with Crippen molar-refractivity contribution in [2.75, 3.05) is 20.3 Å². The Kier molecular flexibility index (Phi) is 7.61. The van der Waals surface area contributed by atoms with Crippen molar-refractivity contribution in [3.63, 3.8) is 0 Å². The quantitative estimate of drug-likeness (QED) is 0.372. The summed E-state index contributed by atoms with van der Waals surface area (Å²) in [6.07, 6.45) is -0.204. The third-order valence-corrected chi connectivity index (χ3v) is 7.10. The molecule has 210 valence electrons. The molecule has 40 heavy (non-hydrogen) atoms. The number of nitrogens with zero attached hydrogens (tertiary/aromatic N) is 1. The van der Waals surface area contributed by atoms with Gasteiger partial charge in [0.1, 0.15) is 37.2 Å². The Balaban J connectivity index is 1.33. The second-order valence-corrected chi connectivity index (χ2v) is 11.0. The van der Waals surface area contributed by atoms with Crippen LogP contribution in [0.4, 0.5) is 4.79 Å². The molecule has 0 aliphatic carbocycles. The number of ether oxygens (including phenoxy) is 5. The average Bonchev–Trinajstić information content (AvgIpc) is 2.94. The lowest BCUT2D eigenvalue weighted by atomic mass is 9.94. The van der Waals surface area contributed by atoms with Crippen molar-refractivity contribution < 1.29 is 33.3 Å². The highest BCUT2D eigenvalue weighted by atomic mass is 16.6. The van der Waals surface area contributed by atoms with Crippen LogP contribution in [-0.4, -0.2) is 48.9 Å². The van der Waals surface area contributed by atoms with Gasteiger partial charge >= 0.3 is 12.1 Å². The van der Waals surface area contributed by atoms with Crippen LogP contribution in [0.25, 0.3) is 11.1 Å². The third-order valence-electron chi connectivity index (χ3n) is 7.10. The van der Waals surface area contributed by atoms with Crippen molar-refractivity contribution in [2.24, 2.45) is 0 Å². The summed E-state index contributed by atoms with van der Waals surface area (Å²) in [6.45, 7) is 9.19. The Hall–Kier alpha value is -4.20. The molecule has 2 aliphatic rings. The van der Waals surface area contributed by atoms with Gasteiger partial charge in [-0.25, -0.2) is 9.59 Å². The van der Waals surface area contributed by atoms with Crippen LogP contribution < -0.4 is 14.2 Å². The Bertz CT molecular complexity index is 1430. The van der Waals surface area contributed by atoms with E-state index in [4.69, 9.17) is 23.7 Å². The maximum absolute atomic E-state index is 13.0. The number of fused-ring (bicyclic) bond motifs is 2. The first-order valence-electron chi connectivity index (χ1n) is 13.4. The van der Waals surface area contributed by atoms with E-state index in [0.717, 1.165) is 44.9 Å². The highest BCUT2D eigenvalue weighted by Crippen LogP contribution is 2.36. The van der Waals surface area contributed by atoms with Gasteiger partial charge in [0.2, 0.25) is 0 Å². The SMILES string of the molecule is COC(=O)C1Cc2ccc(OCc3cccc(-c4ccc5c(c4)OCCO5)c3C)cc2CN1C(=O)OC(C)(C)C. The van der Waals surface area contributed by atoms with E-state index in [2.05, 4.69) is 19.1 Å². The van der Waals surface area contributed by atoms with Crippen molar-refractivity contribution in [3.05, 3.63) is 76.9 Å². The smallest absolute Gasteiger partial charge is 0.411 e. The lowest BCUT2D eigenvalue weighted by Gasteiger charge is -2.36. The Morgan fingerprint density at radius 3 is 2.50 bits per heavy atom. The molecule has 1 unspecified atom stereocenters. The summed E-state index contributed by atoms with van der Waals surface area (Å²) in [5.41, 5.74) is 5.53. The van der Waals surface area contributed by atoms with Crippen molar-refractivity contribution in [2.45, 2.75) is 58.9 Å². The lowest BCUT2D eigenvalue weighted by molar-refractivity contribution is -0.147. The normalized spacial score (nSPS) is 16.1. The molecule has 3 aromatic rings. The van der Waals surface area contributed by atoms with E-state index < -0.39 is 23.7 Å². The maximum atomic E-state index is 13.0. The monoisotopic (exact) mass is 545 g/mol. The fourth-order valence-electron chi connectivity index (χ4n) is 5.03. The molecule has 2 heterocycles. The maximum Gasteiger partial charge on any atom is 0.411 e. The second-order valence-electron chi connectivity index (χ2n) is 11.0. The number of carbonyl (C=O) groups excluding carboxylic acids is 2. The van der Waals surface area contributed by atoms with Crippen LogP contribution in [0, 0.1) is 6.92 Å². The fraction of sp³-hybridized carbons (Fsp3) is 0.375. The predicted molar refractivity (Wildman–Crippen MR) is 150 cm³/mol. The first-order valence-corrected chi connectivity index (χ1v) is 13.4. The van der Waals surface area contributed by atoms with Crippen LogP contribution in [-0.2, 0) is 33.8 Å². The van der Waals surface area contributed by atoms with Gasteiger partial charge in [0.15, 0.2) is 11.5 Å². The van der Waals surface area contributed by atoms with E-state index in [-0.39, 0.29) is 6.54 Å². The lowest BCUT2D eigenvalue weighted by Crippen LogP contribution is -2.50. The van der Waals surface area contributed by atoms with Crippen LogP contribution in [0.15, 0.2) is 54.6 Å². The largest absolute Gasteiger partial charge is 0.489 e. The summed E-state index contributed by atoms with van der Waals surface area (Å²) in [4.78, 5) is 26.9. The highest BCUT2D eigenvalue weighted by molar-refractivity contribution is 5.82. The van der Waals surface area contributed by atoms with Gasteiger partial charge in [0, 0.05) is 6.42 Å². The van der Waals surface area contributed by atoms with E-state index in [1.807, 2.05) is 42.5 Å². The zero-order valence-corrected chi connectivity index (χ0v) is 23.6. The van der Waals surface area contributed by atoms with Gasteiger partial charge < -0.3 is 23.7 Å². The van der Waals surface area contributed by atoms with Crippen molar-refractivity contribution in [3.8, 4) is 28.4 Å². The average molecular weight is 546 g/mol.